The van der Waals surface area contributed by atoms with Crippen LogP contribution >= 0.6 is 0 Å². The molecule has 4 nitrogen and oxygen atoms in total. The third-order valence-electron chi connectivity index (χ3n) is 6.05. The highest BCUT2D eigenvalue weighted by Gasteiger charge is 2.40. The van der Waals surface area contributed by atoms with E-state index < -0.39 is 0 Å². The van der Waals surface area contributed by atoms with E-state index in [1.807, 2.05) is 67.6 Å². The Labute approximate surface area is 195 Å². The molecule has 168 valence electrons. The fourth-order valence-electron chi connectivity index (χ4n) is 3.95. The number of amides is 2. The number of hydrogen-bond donors (Lipinski definition) is 1. The van der Waals surface area contributed by atoms with Gasteiger partial charge in [-0.2, -0.15) is 0 Å². The largest absolute Gasteiger partial charge is 0.350 e. The Kier molecular flexibility index (Phi) is 5.94. The quantitative estimate of drug-likeness (QED) is 0.479. The van der Waals surface area contributed by atoms with E-state index in [1.54, 1.807) is 0 Å². The van der Waals surface area contributed by atoms with Crippen molar-refractivity contribution in [3.8, 4) is 0 Å². The molecule has 3 aromatic carbocycles. The molecule has 1 aliphatic heterocycles. The molecule has 1 N–H and O–H groups in total. The Balaban J connectivity index is 1.75. The number of benzene rings is 3. The molecule has 0 atom stereocenters. The van der Waals surface area contributed by atoms with Crippen LogP contribution in [0.25, 0.3) is 5.57 Å². The van der Waals surface area contributed by atoms with E-state index in [9.17, 15) is 9.59 Å². The summed E-state index contributed by atoms with van der Waals surface area (Å²) in [4.78, 5) is 28.4. The van der Waals surface area contributed by atoms with E-state index in [0.717, 1.165) is 28.8 Å². The lowest BCUT2D eigenvalue weighted by atomic mass is 9.87. The average molecular weight is 439 g/mol. The van der Waals surface area contributed by atoms with Gasteiger partial charge < -0.3 is 5.32 Å². The monoisotopic (exact) mass is 438 g/mol. The fourth-order valence-corrected chi connectivity index (χ4v) is 3.95. The topological polar surface area (TPSA) is 49.4 Å². The summed E-state index contributed by atoms with van der Waals surface area (Å²) in [5.41, 5.74) is 6.24. The first-order chi connectivity index (χ1) is 15.7. The molecule has 0 unspecified atom stereocenters. The van der Waals surface area contributed by atoms with E-state index in [2.05, 4.69) is 45.1 Å². The van der Waals surface area contributed by atoms with E-state index in [-0.39, 0.29) is 17.2 Å². The zero-order valence-corrected chi connectivity index (χ0v) is 19.9. The van der Waals surface area contributed by atoms with E-state index in [0.29, 0.717) is 17.0 Å². The molecule has 0 aromatic heterocycles. The summed E-state index contributed by atoms with van der Waals surface area (Å²) in [6.45, 7) is 10.6. The van der Waals surface area contributed by atoms with Gasteiger partial charge in [-0.3, -0.25) is 9.59 Å². The van der Waals surface area contributed by atoms with Crippen LogP contribution in [-0.4, -0.2) is 11.8 Å². The molecule has 0 fully saturated rings. The van der Waals surface area contributed by atoms with Crippen LogP contribution in [-0.2, 0) is 21.4 Å². The Hall–Kier alpha value is -3.66. The van der Waals surface area contributed by atoms with E-state index in [1.165, 1.54) is 10.5 Å². The smallest absolute Gasteiger partial charge is 0.282 e. The molecule has 2 amide bonds. The number of hydrogen-bond acceptors (Lipinski definition) is 3. The SMILES string of the molecule is CCc1ccc(N2C(=O)C(Nc3ccc(C(C)(C)C)cc3)=C(c3ccc(C)cc3)C2=O)cc1. The Morgan fingerprint density at radius 1 is 0.788 bits per heavy atom. The number of nitrogens with one attached hydrogen (secondary N) is 1. The molecule has 0 bridgehead atoms. The number of anilines is 2. The van der Waals surface area contributed by atoms with Gasteiger partial charge in [-0.15, -0.1) is 0 Å². The third-order valence-corrected chi connectivity index (χ3v) is 6.05. The lowest BCUT2D eigenvalue weighted by Gasteiger charge is -2.19. The molecule has 0 saturated carbocycles. The molecule has 0 aliphatic carbocycles. The molecular formula is C29H30N2O2. The summed E-state index contributed by atoms with van der Waals surface area (Å²) < 4.78 is 0. The Morgan fingerprint density at radius 3 is 1.94 bits per heavy atom. The number of aryl methyl sites for hydroxylation is 2. The minimum atomic E-state index is -0.347. The van der Waals surface area contributed by atoms with Gasteiger partial charge in [0.2, 0.25) is 0 Å². The van der Waals surface area contributed by atoms with Gasteiger partial charge in [-0.05, 0) is 59.7 Å². The van der Waals surface area contributed by atoms with Gasteiger partial charge in [0, 0.05) is 5.69 Å². The molecule has 0 saturated heterocycles. The van der Waals surface area contributed by atoms with Crippen molar-refractivity contribution in [1.29, 1.82) is 0 Å². The maximum atomic E-state index is 13.5. The zero-order valence-electron chi connectivity index (χ0n) is 19.9. The summed E-state index contributed by atoms with van der Waals surface area (Å²) in [7, 11) is 0. The number of carbonyl (C=O) groups excluding carboxylic acids is 2. The maximum Gasteiger partial charge on any atom is 0.282 e. The highest BCUT2D eigenvalue weighted by Crippen LogP contribution is 2.34. The summed E-state index contributed by atoms with van der Waals surface area (Å²) in [6, 6.07) is 23.3. The van der Waals surface area contributed by atoms with Crippen molar-refractivity contribution in [2.24, 2.45) is 0 Å². The van der Waals surface area contributed by atoms with Crippen molar-refractivity contribution in [2.75, 3.05) is 10.2 Å². The molecule has 0 radical (unpaired) electrons. The highest BCUT2D eigenvalue weighted by atomic mass is 16.2. The number of imide groups is 1. The second-order valence-electron chi connectivity index (χ2n) is 9.53. The van der Waals surface area contributed by atoms with Crippen LogP contribution in [0.5, 0.6) is 0 Å². The summed E-state index contributed by atoms with van der Waals surface area (Å²) in [5.74, 6) is -0.665. The minimum absolute atomic E-state index is 0.0332. The molecule has 4 rings (SSSR count). The van der Waals surface area contributed by atoms with Crippen LogP contribution in [0.2, 0.25) is 0 Å². The normalized spacial score (nSPS) is 14.3. The Morgan fingerprint density at radius 2 is 1.39 bits per heavy atom. The van der Waals surface area contributed by atoms with Crippen LogP contribution in [0.15, 0.2) is 78.5 Å². The standard InChI is InChI=1S/C29H30N2O2/c1-6-20-9-17-24(18-10-20)31-27(32)25(21-11-7-19(2)8-12-21)26(28(31)33)30-23-15-13-22(14-16-23)29(3,4)5/h7-18,30H,6H2,1-5H3. The van der Waals surface area contributed by atoms with Crippen LogP contribution in [0, 0.1) is 6.92 Å². The number of nitrogens with zero attached hydrogens (tertiary/aromatic N) is 1. The van der Waals surface area contributed by atoms with Gasteiger partial charge >= 0.3 is 0 Å². The predicted octanol–water partition coefficient (Wildman–Crippen LogP) is 6.25. The van der Waals surface area contributed by atoms with Gasteiger partial charge in [-0.25, -0.2) is 4.90 Å². The molecule has 33 heavy (non-hydrogen) atoms. The van der Waals surface area contributed by atoms with Crippen molar-refractivity contribution < 1.29 is 9.59 Å². The van der Waals surface area contributed by atoms with E-state index in [4.69, 9.17) is 0 Å². The first-order valence-corrected chi connectivity index (χ1v) is 11.4. The first kappa shape index (κ1) is 22.5. The van der Waals surface area contributed by atoms with Crippen molar-refractivity contribution in [3.63, 3.8) is 0 Å². The lowest BCUT2D eigenvalue weighted by molar-refractivity contribution is -0.120. The fraction of sp³-hybridized carbons (Fsp3) is 0.241. The van der Waals surface area contributed by atoms with Gasteiger partial charge in [0.1, 0.15) is 5.70 Å². The zero-order chi connectivity index (χ0) is 23.8. The second kappa shape index (κ2) is 8.70. The van der Waals surface area contributed by atoms with Crippen molar-refractivity contribution >= 4 is 28.8 Å². The van der Waals surface area contributed by atoms with E-state index >= 15 is 0 Å². The van der Waals surface area contributed by atoms with Gasteiger partial charge in [0.25, 0.3) is 11.8 Å². The minimum Gasteiger partial charge on any atom is -0.350 e. The summed E-state index contributed by atoms with van der Waals surface area (Å²) in [6.07, 6.45) is 0.895. The predicted molar refractivity (Wildman–Crippen MR) is 135 cm³/mol. The van der Waals surface area contributed by atoms with Crippen molar-refractivity contribution in [2.45, 2.75) is 46.5 Å². The van der Waals surface area contributed by atoms with Gasteiger partial charge in [-0.1, -0.05) is 81.8 Å². The number of rotatable bonds is 5. The molecular weight excluding hydrogens is 408 g/mol. The average Bonchev–Trinajstić information content (AvgIpc) is 3.03. The molecule has 4 heteroatoms. The van der Waals surface area contributed by atoms with Gasteiger partial charge in [0.05, 0.1) is 11.3 Å². The van der Waals surface area contributed by atoms with Crippen molar-refractivity contribution in [1.82, 2.24) is 0 Å². The molecule has 1 heterocycles. The first-order valence-electron chi connectivity index (χ1n) is 11.4. The highest BCUT2D eigenvalue weighted by molar-refractivity contribution is 6.46. The number of carbonyl (C=O) groups is 2. The maximum absolute atomic E-state index is 13.5. The van der Waals surface area contributed by atoms with Gasteiger partial charge in [0.15, 0.2) is 0 Å². The second-order valence-corrected chi connectivity index (χ2v) is 9.53. The molecule has 3 aromatic rings. The third kappa shape index (κ3) is 4.47. The van der Waals surface area contributed by atoms with Crippen LogP contribution in [0.3, 0.4) is 0 Å². The lowest BCUT2D eigenvalue weighted by Crippen LogP contribution is -2.32. The summed E-state index contributed by atoms with van der Waals surface area (Å²) in [5, 5.41) is 3.25. The van der Waals surface area contributed by atoms with Crippen LogP contribution in [0.1, 0.15) is 49.9 Å². The van der Waals surface area contributed by atoms with Crippen LogP contribution < -0.4 is 10.2 Å². The molecule has 0 spiro atoms. The van der Waals surface area contributed by atoms with Crippen molar-refractivity contribution in [3.05, 3.63) is 101 Å². The molecule has 1 aliphatic rings. The summed E-state index contributed by atoms with van der Waals surface area (Å²) >= 11 is 0. The Bertz CT molecular complexity index is 1210. The van der Waals surface area contributed by atoms with Crippen LogP contribution in [0.4, 0.5) is 11.4 Å².